The second-order valence-electron chi connectivity index (χ2n) is 11.6. The van der Waals surface area contributed by atoms with E-state index in [0.29, 0.717) is 31.2 Å². The van der Waals surface area contributed by atoms with E-state index in [4.69, 9.17) is 9.72 Å². The first-order valence-electron chi connectivity index (χ1n) is 14.6. The molecule has 1 saturated heterocycles. The summed E-state index contributed by atoms with van der Waals surface area (Å²) in [5.41, 5.74) is 2.44. The van der Waals surface area contributed by atoms with E-state index < -0.39 is 5.60 Å². The minimum atomic E-state index is -0.984. The molecule has 2 saturated carbocycles. The minimum Gasteiger partial charge on any atom is -0.385 e. The summed E-state index contributed by atoms with van der Waals surface area (Å²) in [5, 5.41) is 15.4. The maximum Gasteiger partial charge on any atom is 0.275 e. The van der Waals surface area contributed by atoms with Crippen molar-refractivity contribution >= 4 is 18.3 Å². The van der Waals surface area contributed by atoms with Crippen molar-refractivity contribution in [3.8, 4) is 11.3 Å². The van der Waals surface area contributed by atoms with E-state index in [1.807, 2.05) is 53.4 Å². The van der Waals surface area contributed by atoms with Crippen LogP contribution in [0.1, 0.15) is 60.6 Å². The van der Waals surface area contributed by atoms with Gasteiger partial charge >= 0.3 is 0 Å². The lowest BCUT2D eigenvalue weighted by Crippen LogP contribution is -2.54. The molecule has 6 rings (SSSR count). The van der Waals surface area contributed by atoms with Gasteiger partial charge in [-0.3, -0.25) is 4.79 Å². The number of benzene rings is 2. The summed E-state index contributed by atoms with van der Waals surface area (Å²) in [5.74, 6) is 0.607. The summed E-state index contributed by atoms with van der Waals surface area (Å²) >= 11 is 0. The molecule has 2 aliphatic carbocycles. The van der Waals surface area contributed by atoms with Gasteiger partial charge in [0.25, 0.3) is 5.91 Å². The molecule has 3 fully saturated rings. The first kappa shape index (κ1) is 28.8. The Morgan fingerprint density at radius 1 is 1.05 bits per heavy atom. The van der Waals surface area contributed by atoms with E-state index in [2.05, 4.69) is 22.0 Å². The number of aromatic nitrogens is 2. The molecule has 1 aliphatic heterocycles. The van der Waals surface area contributed by atoms with Crippen molar-refractivity contribution in [1.82, 2.24) is 19.8 Å². The predicted octanol–water partition coefficient (Wildman–Crippen LogP) is 4.90. The van der Waals surface area contributed by atoms with Crippen LogP contribution in [0, 0.1) is 5.92 Å². The molecular weight excluding hydrogens is 524 g/mol. The summed E-state index contributed by atoms with van der Waals surface area (Å²) in [6.45, 7) is 3.20. The molecule has 1 amide bonds. The lowest BCUT2D eigenvalue weighted by Gasteiger charge is -2.41. The van der Waals surface area contributed by atoms with Gasteiger partial charge in [0, 0.05) is 37.8 Å². The number of piperazine rings is 1. The van der Waals surface area contributed by atoms with Crippen molar-refractivity contribution < 1.29 is 14.6 Å². The Kier molecular flexibility index (Phi) is 9.26. The number of halogens is 1. The third-order valence-electron chi connectivity index (χ3n) is 8.66. The highest BCUT2D eigenvalue weighted by Gasteiger charge is 2.43. The van der Waals surface area contributed by atoms with Crippen molar-refractivity contribution in [3.63, 3.8) is 0 Å². The molecule has 0 spiro atoms. The molecule has 40 heavy (non-hydrogen) atoms. The van der Waals surface area contributed by atoms with Crippen LogP contribution in [-0.2, 0) is 11.2 Å². The highest BCUT2D eigenvalue weighted by molar-refractivity contribution is 5.98. The van der Waals surface area contributed by atoms with E-state index >= 15 is 0 Å². The number of nitrogens with zero attached hydrogens (tertiary/aromatic N) is 3. The monoisotopic (exact) mass is 564 g/mol. The Hall–Kier alpha value is -2.71. The lowest BCUT2D eigenvalue weighted by atomic mass is 9.80. The van der Waals surface area contributed by atoms with Gasteiger partial charge in [-0.05, 0) is 43.6 Å². The van der Waals surface area contributed by atoms with Crippen LogP contribution in [0.3, 0.4) is 0 Å². The highest BCUT2D eigenvalue weighted by Crippen LogP contribution is 2.41. The number of ether oxygens (including phenoxy) is 1. The van der Waals surface area contributed by atoms with Gasteiger partial charge in [0.2, 0.25) is 0 Å². The fourth-order valence-corrected chi connectivity index (χ4v) is 6.33. The Morgan fingerprint density at radius 2 is 1.80 bits per heavy atom. The normalized spacial score (nSPS) is 24.9. The molecule has 214 valence electrons. The van der Waals surface area contributed by atoms with Crippen molar-refractivity contribution in [2.24, 2.45) is 5.92 Å². The van der Waals surface area contributed by atoms with Crippen LogP contribution in [-0.4, -0.2) is 70.0 Å². The number of aliphatic hydroxyl groups is 1. The summed E-state index contributed by atoms with van der Waals surface area (Å²) in [7, 11) is 0. The van der Waals surface area contributed by atoms with Gasteiger partial charge in [-0.15, -0.1) is 12.4 Å². The maximum atomic E-state index is 14.2. The standard InChI is InChI=1S/C32H40N4O3.ClH/c37-31(35-18-17-33-20-27(35)19-24-9-3-1-4-10-24)29-30(26-11-5-2-6-12-26)36(23-34-29)28-13-7-8-16-32(28,38)22-39-21-25-14-15-25;/h1-6,9-12,23,25,27-28,33,38H,7-8,13-22H2;1H/t27-,28?,32?;/m1./s1. The van der Waals surface area contributed by atoms with Crippen LogP contribution in [0.25, 0.3) is 11.3 Å². The molecule has 3 atom stereocenters. The average molecular weight is 565 g/mol. The fraction of sp³-hybridized carbons (Fsp3) is 0.500. The van der Waals surface area contributed by atoms with Crippen LogP contribution in [0.15, 0.2) is 67.0 Å². The van der Waals surface area contributed by atoms with Gasteiger partial charge in [-0.25, -0.2) is 4.98 Å². The molecule has 2 N–H and O–H groups in total. The Balaban J connectivity index is 0.00000323. The predicted molar refractivity (Wildman–Crippen MR) is 159 cm³/mol. The fourth-order valence-electron chi connectivity index (χ4n) is 6.33. The van der Waals surface area contributed by atoms with Crippen molar-refractivity contribution in [3.05, 3.63) is 78.2 Å². The lowest BCUT2D eigenvalue weighted by molar-refractivity contribution is -0.101. The van der Waals surface area contributed by atoms with Gasteiger partial charge in [0.05, 0.1) is 24.7 Å². The maximum absolute atomic E-state index is 14.2. The van der Waals surface area contributed by atoms with Crippen LogP contribution in [0.4, 0.5) is 0 Å². The number of carbonyl (C=O) groups is 1. The smallest absolute Gasteiger partial charge is 0.275 e. The summed E-state index contributed by atoms with van der Waals surface area (Å²) in [6, 6.07) is 20.3. The quantitative estimate of drug-likeness (QED) is 0.386. The van der Waals surface area contributed by atoms with Gasteiger partial charge in [-0.1, -0.05) is 73.5 Å². The summed E-state index contributed by atoms with van der Waals surface area (Å²) < 4.78 is 8.13. The van der Waals surface area contributed by atoms with Crippen molar-refractivity contribution in [1.29, 1.82) is 0 Å². The van der Waals surface area contributed by atoms with Crippen LogP contribution < -0.4 is 5.32 Å². The Bertz CT molecular complexity index is 1250. The van der Waals surface area contributed by atoms with Gasteiger partial charge in [0.1, 0.15) is 5.60 Å². The second kappa shape index (κ2) is 12.9. The summed E-state index contributed by atoms with van der Waals surface area (Å²) in [4.78, 5) is 21.0. The number of carbonyl (C=O) groups excluding carboxylic acids is 1. The number of hydrogen-bond acceptors (Lipinski definition) is 5. The number of imidazole rings is 1. The molecule has 3 aliphatic rings. The van der Waals surface area contributed by atoms with E-state index in [0.717, 1.165) is 56.6 Å². The molecule has 0 bridgehead atoms. The topological polar surface area (TPSA) is 79.6 Å². The Morgan fingerprint density at radius 3 is 2.55 bits per heavy atom. The van der Waals surface area contributed by atoms with E-state index in [1.165, 1.54) is 18.4 Å². The molecule has 8 heteroatoms. The van der Waals surface area contributed by atoms with Gasteiger partial charge < -0.3 is 24.6 Å². The Labute approximate surface area is 243 Å². The average Bonchev–Trinajstić information content (AvgIpc) is 3.69. The van der Waals surface area contributed by atoms with E-state index in [-0.39, 0.29) is 30.4 Å². The van der Waals surface area contributed by atoms with Crippen LogP contribution in [0.2, 0.25) is 0 Å². The molecular formula is C32H41ClN4O3. The van der Waals surface area contributed by atoms with E-state index in [9.17, 15) is 9.90 Å². The SMILES string of the molecule is Cl.O=C(c1ncn(C2CCCCC2(O)COCC2CC2)c1-c1ccccc1)N1CCNC[C@H]1Cc1ccccc1. The molecule has 2 heterocycles. The number of amides is 1. The number of hydrogen-bond donors (Lipinski definition) is 2. The highest BCUT2D eigenvalue weighted by atomic mass is 35.5. The summed E-state index contributed by atoms with van der Waals surface area (Å²) in [6.07, 6.45) is 8.56. The van der Waals surface area contributed by atoms with Crippen LogP contribution >= 0.6 is 12.4 Å². The molecule has 1 aromatic heterocycles. The largest absolute Gasteiger partial charge is 0.385 e. The molecule has 2 aromatic carbocycles. The zero-order chi connectivity index (χ0) is 26.7. The molecule has 3 aromatic rings. The molecule has 2 unspecified atom stereocenters. The minimum absolute atomic E-state index is 0. The zero-order valence-corrected chi connectivity index (χ0v) is 23.9. The van der Waals surface area contributed by atoms with Crippen molar-refractivity contribution in [2.75, 3.05) is 32.8 Å². The first-order chi connectivity index (χ1) is 19.1. The van der Waals surface area contributed by atoms with Gasteiger partial charge in [0.15, 0.2) is 5.69 Å². The van der Waals surface area contributed by atoms with E-state index in [1.54, 1.807) is 6.33 Å². The first-order valence-corrected chi connectivity index (χ1v) is 14.6. The zero-order valence-electron chi connectivity index (χ0n) is 23.1. The number of nitrogens with one attached hydrogen (secondary N) is 1. The molecule has 7 nitrogen and oxygen atoms in total. The third-order valence-corrected chi connectivity index (χ3v) is 8.66. The van der Waals surface area contributed by atoms with Gasteiger partial charge in [-0.2, -0.15) is 0 Å². The third kappa shape index (κ3) is 6.28. The van der Waals surface area contributed by atoms with Crippen LogP contribution in [0.5, 0.6) is 0 Å². The van der Waals surface area contributed by atoms with Crippen molar-refractivity contribution in [2.45, 2.75) is 62.6 Å². The molecule has 0 radical (unpaired) electrons. The number of rotatable bonds is 9. The second-order valence-corrected chi connectivity index (χ2v) is 11.6.